The lowest BCUT2D eigenvalue weighted by molar-refractivity contribution is 0.0951. The quantitative estimate of drug-likeness (QED) is 0.581. The van der Waals surface area contributed by atoms with Crippen LogP contribution < -0.4 is 10.9 Å². The first kappa shape index (κ1) is 18.6. The average molecular weight is 383 g/mol. The van der Waals surface area contributed by atoms with E-state index in [4.69, 9.17) is 0 Å². The predicted molar refractivity (Wildman–Crippen MR) is 114 cm³/mol. The third kappa shape index (κ3) is 3.80. The van der Waals surface area contributed by atoms with Crippen molar-refractivity contribution in [1.82, 2.24) is 14.9 Å². The first-order chi connectivity index (χ1) is 14.0. The Kier molecular flexibility index (Phi) is 4.96. The molecule has 4 rings (SSSR count). The maximum absolute atomic E-state index is 12.9. The third-order valence-corrected chi connectivity index (χ3v) is 4.90. The van der Waals surface area contributed by atoms with Crippen molar-refractivity contribution in [2.45, 2.75) is 20.4 Å². The smallest absolute Gasteiger partial charge is 0.265 e. The molecule has 1 heterocycles. The third-order valence-electron chi connectivity index (χ3n) is 4.90. The topological polar surface area (TPSA) is 64.0 Å². The van der Waals surface area contributed by atoms with Gasteiger partial charge < -0.3 is 5.32 Å². The lowest BCUT2D eigenvalue weighted by Gasteiger charge is -2.11. The Morgan fingerprint density at radius 2 is 1.62 bits per heavy atom. The number of nitrogens with one attached hydrogen (secondary N) is 1. The molecule has 0 saturated carbocycles. The molecule has 3 aromatic carbocycles. The van der Waals surface area contributed by atoms with Crippen LogP contribution in [-0.2, 0) is 6.54 Å². The summed E-state index contributed by atoms with van der Waals surface area (Å²) >= 11 is 0. The summed E-state index contributed by atoms with van der Waals surface area (Å²) in [5.74, 6) is 0.447. The number of para-hydroxylation sites is 1. The molecule has 5 heteroatoms. The molecule has 144 valence electrons. The minimum Gasteiger partial charge on any atom is -0.348 e. The van der Waals surface area contributed by atoms with Crippen molar-refractivity contribution >= 4 is 16.8 Å². The highest BCUT2D eigenvalue weighted by Crippen LogP contribution is 2.14. The van der Waals surface area contributed by atoms with Crippen molar-refractivity contribution in [3.05, 3.63) is 106 Å². The Labute approximate surface area is 168 Å². The largest absolute Gasteiger partial charge is 0.348 e. The number of nitrogens with zero attached hydrogens (tertiary/aromatic N) is 2. The van der Waals surface area contributed by atoms with Crippen molar-refractivity contribution in [2.24, 2.45) is 0 Å². The van der Waals surface area contributed by atoms with Gasteiger partial charge >= 0.3 is 0 Å². The second-order valence-electron chi connectivity index (χ2n) is 7.03. The molecule has 0 aliphatic heterocycles. The van der Waals surface area contributed by atoms with Crippen molar-refractivity contribution in [1.29, 1.82) is 0 Å². The van der Waals surface area contributed by atoms with E-state index in [9.17, 15) is 9.59 Å². The summed E-state index contributed by atoms with van der Waals surface area (Å²) in [7, 11) is 0. The van der Waals surface area contributed by atoms with Crippen LogP contribution in [0.1, 0.15) is 27.3 Å². The first-order valence-electron chi connectivity index (χ1n) is 9.45. The summed E-state index contributed by atoms with van der Waals surface area (Å²) in [5.41, 5.74) is 4.01. The van der Waals surface area contributed by atoms with Crippen LogP contribution in [0.3, 0.4) is 0 Å². The monoisotopic (exact) mass is 383 g/mol. The van der Waals surface area contributed by atoms with E-state index in [-0.39, 0.29) is 11.5 Å². The second kappa shape index (κ2) is 7.72. The molecular weight excluding hydrogens is 362 g/mol. The van der Waals surface area contributed by atoms with Gasteiger partial charge in [0.05, 0.1) is 16.6 Å². The molecule has 0 aliphatic carbocycles. The van der Waals surface area contributed by atoms with Gasteiger partial charge in [-0.15, -0.1) is 0 Å². The molecule has 1 aromatic heterocycles. The molecule has 0 spiro atoms. The van der Waals surface area contributed by atoms with Gasteiger partial charge in [0.1, 0.15) is 5.82 Å². The molecule has 0 bridgehead atoms. The fraction of sp³-hybridized carbons (Fsp3) is 0.125. The fourth-order valence-electron chi connectivity index (χ4n) is 3.30. The van der Waals surface area contributed by atoms with E-state index >= 15 is 0 Å². The lowest BCUT2D eigenvalue weighted by Crippen LogP contribution is -2.24. The number of amides is 1. The zero-order valence-electron chi connectivity index (χ0n) is 16.3. The standard InChI is InChI=1S/C24H21N3O2/c1-16-7-9-18(10-8-16)15-25-23(28)19-11-13-20(14-12-19)27-17(2)26-22-6-4-3-5-21(22)24(27)29/h3-14H,15H2,1-2H3,(H,25,28). The summed E-state index contributed by atoms with van der Waals surface area (Å²) in [6.07, 6.45) is 0. The highest BCUT2D eigenvalue weighted by molar-refractivity contribution is 5.94. The molecule has 4 aromatic rings. The van der Waals surface area contributed by atoms with Gasteiger partial charge in [-0.2, -0.15) is 0 Å². The number of carbonyl (C=O) groups excluding carboxylic acids is 1. The summed E-state index contributed by atoms with van der Waals surface area (Å²) in [5, 5.41) is 3.49. The molecule has 1 N–H and O–H groups in total. The summed E-state index contributed by atoms with van der Waals surface area (Å²) in [4.78, 5) is 29.9. The predicted octanol–water partition coefficient (Wildman–Crippen LogP) is 3.93. The van der Waals surface area contributed by atoms with E-state index in [0.29, 0.717) is 34.5 Å². The number of aryl methyl sites for hydroxylation is 2. The molecule has 0 atom stereocenters. The molecule has 29 heavy (non-hydrogen) atoms. The van der Waals surface area contributed by atoms with Gasteiger partial charge in [-0.05, 0) is 55.8 Å². The lowest BCUT2D eigenvalue weighted by atomic mass is 10.1. The van der Waals surface area contributed by atoms with Crippen LogP contribution in [-0.4, -0.2) is 15.5 Å². The van der Waals surface area contributed by atoms with E-state index in [0.717, 1.165) is 5.56 Å². The van der Waals surface area contributed by atoms with Crippen molar-refractivity contribution in [3.63, 3.8) is 0 Å². The number of carbonyl (C=O) groups is 1. The van der Waals surface area contributed by atoms with Gasteiger partial charge in [-0.1, -0.05) is 42.0 Å². The molecule has 0 fully saturated rings. The summed E-state index contributed by atoms with van der Waals surface area (Å²) in [6, 6.07) is 22.3. The average Bonchev–Trinajstić information content (AvgIpc) is 2.73. The number of rotatable bonds is 4. The Morgan fingerprint density at radius 1 is 0.931 bits per heavy atom. The minimum absolute atomic E-state index is 0.121. The Morgan fingerprint density at radius 3 is 2.34 bits per heavy atom. The van der Waals surface area contributed by atoms with E-state index in [1.807, 2.05) is 49.4 Å². The van der Waals surface area contributed by atoms with Gasteiger partial charge in [-0.25, -0.2) is 4.98 Å². The van der Waals surface area contributed by atoms with E-state index in [1.54, 1.807) is 41.8 Å². The van der Waals surface area contributed by atoms with Crippen molar-refractivity contribution in [3.8, 4) is 5.69 Å². The fourth-order valence-corrected chi connectivity index (χ4v) is 3.30. The zero-order chi connectivity index (χ0) is 20.4. The highest BCUT2D eigenvalue weighted by Gasteiger charge is 2.11. The minimum atomic E-state index is -0.155. The van der Waals surface area contributed by atoms with Crippen LogP contribution in [0.5, 0.6) is 0 Å². The van der Waals surface area contributed by atoms with Crippen LogP contribution in [0, 0.1) is 13.8 Å². The number of aromatic nitrogens is 2. The molecule has 1 amide bonds. The van der Waals surface area contributed by atoms with E-state index < -0.39 is 0 Å². The normalized spacial score (nSPS) is 10.8. The molecule has 0 unspecified atom stereocenters. The second-order valence-corrected chi connectivity index (χ2v) is 7.03. The van der Waals surface area contributed by atoms with Crippen molar-refractivity contribution < 1.29 is 4.79 Å². The Hall–Kier alpha value is -3.73. The van der Waals surface area contributed by atoms with Crippen LogP contribution in [0.2, 0.25) is 0 Å². The van der Waals surface area contributed by atoms with Crippen LogP contribution in [0.15, 0.2) is 77.6 Å². The zero-order valence-corrected chi connectivity index (χ0v) is 16.3. The molecule has 0 radical (unpaired) electrons. The van der Waals surface area contributed by atoms with Gasteiger partial charge in [0, 0.05) is 12.1 Å². The van der Waals surface area contributed by atoms with Gasteiger partial charge in [0.2, 0.25) is 0 Å². The van der Waals surface area contributed by atoms with Crippen LogP contribution in [0.4, 0.5) is 0 Å². The molecule has 5 nitrogen and oxygen atoms in total. The number of hydrogen-bond acceptors (Lipinski definition) is 3. The molecule has 0 saturated heterocycles. The van der Waals surface area contributed by atoms with Crippen LogP contribution >= 0.6 is 0 Å². The molecule has 0 aliphatic rings. The van der Waals surface area contributed by atoms with Gasteiger partial charge in [0.25, 0.3) is 11.5 Å². The Bertz CT molecular complexity index is 1240. The number of hydrogen-bond donors (Lipinski definition) is 1. The highest BCUT2D eigenvalue weighted by atomic mass is 16.1. The van der Waals surface area contributed by atoms with E-state index in [1.165, 1.54) is 5.56 Å². The van der Waals surface area contributed by atoms with Crippen molar-refractivity contribution in [2.75, 3.05) is 0 Å². The SMILES string of the molecule is Cc1ccc(CNC(=O)c2ccc(-n3c(C)nc4ccccc4c3=O)cc2)cc1. The maximum atomic E-state index is 12.9. The number of benzene rings is 3. The van der Waals surface area contributed by atoms with Crippen LogP contribution in [0.25, 0.3) is 16.6 Å². The summed E-state index contributed by atoms with van der Waals surface area (Å²) in [6.45, 7) is 4.30. The molecular formula is C24H21N3O2. The number of fused-ring (bicyclic) bond motifs is 1. The van der Waals surface area contributed by atoms with Gasteiger partial charge in [-0.3, -0.25) is 14.2 Å². The van der Waals surface area contributed by atoms with E-state index in [2.05, 4.69) is 10.3 Å². The first-order valence-corrected chi connectivity index (χ1v) is 9.45. The Balaban J connectivity index is 1.56. The summed E-state index contributed by atoms with van der Waals surface area (Å²) < 4.78 is 1.57. The maximum Gasteiger partial charge on any atom is 0.265 e. The van der Waals surface area contributed by atoms with Gasteiger partial charge in [0.15, 0.2) is 0 Å².